The number of nitrogens with one attached hydrogen (secondary N) is 2. The fourth-order valence-electron chi connectivity index (χ4n) is 1.54. The third-order valence-corrected chi connectivity index (χ3v) is 2.56. The van der Waals surface area contributed by atoms with Gasteiger partial charge in [-0.2, -0.15) is 0 Å². The molecule has 7 nitrogen and oxygen atoms in total. The lowest BCUT2D eigenvalue weighted by atomic mass is 10.1. The number of anilines is 1. The third-order valence-electron chi connectivity index (χ3n) is 2.56. The van der Waals surface area contributed by atoms with Gasteiger partial charge in [0.05, 0.1) is 19.1 Å². The van der Waals surface area contributed by atoms with Crippen molar-refractivity contribution in [2.24, 2.45) is 0 Å². The maximum absolute atomic E-state index is 11.5. The Morgan fingerprint density at radius 2 is 2.00 bits per heavy atom. The molecule has 7 heteroatoms. The van der Waals surface area contributed by atoms with Gasteiger partial charge in [0.1, 0.15) is 0 Å². The largest absolute Gasteiger partial charge is 0.478 e. The van der Waals surface area contributed by atoms with Crippen LogP contribution >= 0.6 is 0 Å². The molecule has 3 N–H and O–H groups in total. The zero-order valence-corrected chi connectivity index (χ0v) is 11.2. The Morgan fingerprint density at radius 3 is 2.55 bits per heavy atom. The first kappa shape index (κ1) is 15.5. The number of ether oxygens (including phenoxy) is 1. The Kier molecular flexibility index (Phi) is 5.52. The standard InChI is InChI=1S/C13H16N2O5/c1-8-7-9(3-4-10(8)12(17)18)15-13(19)14-6-5-11(16)20-2/h3-4,7H,5-6H2,1-2H3,(H,17,18)(H2,14,15,19). The lowest BCUT2D eigenvalue weighted by Gasteiger charge is -2.09. The predicted molar refractivity (Wildman–Crippen MR) is 71.8 cm³/mol. The number of benzene rings is 1. The highest BCUT2D eigenvalue weighted by Gasteiger charge is 2.09. The van der Waals surface area contributed by atoms with E-state index in [2.05, 4.69) is 15.4 Å². The minimum Gasteiger partial charge on any atom is -0.478 e. The van der Waals surface area contributed by atoms with Crippen molar-refractivity contribution in [2.75, 3.05) is 19.0 Å². The van der Waals surface area contributed by atoms with Crippen LogP contribution in [0.25, 0.3) is 0 Å². The molecule has 0 aromatic heterocycles. The molecule has 2 amide bonds. The van der Waals surface area contributed by atoms with Crippen LogP contribution < -0.4 is 10.6 Å². The van der Waals surface area contributed by atoms with E-state index >= 15 is 0 Å². The van der Waals surface area contributed by atoms with E-state index in [0.29, 0.717) is 11.3 Å². The lowest BCUT2D eigenvalue weighted by Crippen LogP contribution is -2.30. The maximum Gasteiger partial charge on any atom is 0.335 e. The molecule has 20 heavy (non-hydrogen) atoms. The van der Waals surface area contributed by atoms with Crippen molar-refractivity contribution in [3.63, 3.8) is 0 Å². The molecule has 0 saturated heterocycles. The number of carbonyl (C=O) groups excluding carboxylic acids is 2. The van der Waals surface area contributed by atoms with Crippen LogP contribution in [0.1, 0.15) is 22.3 Å². The molecular formula is C13H16N2O5. The number of amides is 2. The van der Waals surface area contributed by atoms with Gasteiger partial charge in [-0.05, 0) is 30.7 Å². The zero-order chi connectivity index (χ0) is 15.1. The fraction of sp³-hybridized carbons (Fsp3) is 0.308. The van der Waals surface area contributed by atoms with Gasteiger partial charge in [0.2, 0.25) is 0 Å². The Morgan fingerprint density at radius 1 is 1.30 bits per heavy atom. The van der Waals surface area contributed by atoms with Gasteiger partial charge in [-0.15, -0.1) is 0 Å². The van der Waals surface area contributed by atoms with E-state index < -0.39 is 18.0 Å². The number of aromatic carboxylic acids is 1. The van der Waals surface area contributed by atoms with Crippen LogP contribution in [-0.4, -0.2) is 36.7 Å². The summed E-state index contributed by atoms with van der Waals surface area (Å²) in [6.07, 6.45) is 0.0842. The van der Waals surface area contributed by atoms with Crippen LogP contribution in [0.5, 0.6) is 0 Å². The van der Waals surface area contributed by atoms with Gasteiger partial charge < -0.3 is 20.5 Å². The second-order valence-electron chi connectivity index (χ2n) is 4.04. The van der Waals surface area contributed by atoms with E-state index in [0.717, 1.165) is 0 Å². The zero-order valence-electron chi connectivity index (χ0n) is 11.2. The summed E-state index contributed by atoms with van der Waals surface area (Å²) in [5, 5.41) is 13.9. The molecule has 0 saturated carbocycles. The third kappa shape index (κ3) is 4.60. The molecule has 0 aliphatic carbocycles. The number of esters is 1. The predicted octanol–water partition coefficient (Wildman–Crippen LogP) is 1.38. The van der Waals surface area contributed by atoms with Crippen molar-refractivity contribution in [3.8, 4) is 0 Å². The van der Waals surface area contributed by atoms with Crippen LogP contribution in [0.2, 0.25) is 0 Å². The van der Waals surface area contributed by atoms with E-state index in [9.17, 15) is 14.4 Å². The summed E-state index contributed by atoms with van der Waals surface area (Å²) in [6.45, 7) is 1.80. The van der Waals surface area contributed by atoms with Gasteiger partial charge in [0.15, 0.2) is 0 Å². The lowest BCUT2D eigenvalue weighted by molar-refractivity contribution is -0.140. The molecule has 108 valence electrons. The summed E-state index contributed by atoms with van der Waals surface area (Å²) in [6, 6.07) is 4.00. The smallest absolute Gasteiger partial charge is 0.335 e. The molecule has 0 fully saturated rings. The molecule has 0 spiro atoms. The van der Waals surface area contributed by atoms with Crippen LogP contribution in [0.4, 0.5) is 10.5 Å². The first-order valence-electron chi connectivity index (χ1n) is 5.89. The molecule has 0 aliphatic rings. The Bertz CT molecular complexity index is 527. The second-order valence-corrected chi connectivity index (χ2v) is 4.04. The number of methoxy groups -OCH3 is 1. The van der Waals surface area contributed by atoms with Gasteiger partial charge in [-0.1, -0.05) is 0 Å². The summed E-state index contributed by atoms with van der Waals surface area (Å²) in [7, 11) is 1.27. The van der Waals surface area contributed by atoms with E-state index in [1.54, 1.807) is 13.0 Å². The Labute approximate surface area is 115 Å². The van der Waals surface area contributed by atoms with Crippen LogP contribution in [0, 0.1) is 6.92 Å². The normalized spacial score (nSPS) is 9.70. The molecule has 0 heterocycles. The summed E-state index contributed by atoms with van der Waals surface area (Å²) in [4.78, 5) is 33.2. The topological polar surface area (TPSA) is 105 Å². The first-order valence-corrected chi connectivity index (χ1v) is 5.89. The number of carbonyl (C=O) groups is 3. The van der Waals surface area contributed by atoms with Crippen molar-refractivity contribution < 1.29 is 24.2 Å². The Balaban J connectivity index is 2.52. The summed E-state index contributed by atoms with van der Waals surface area (Å²) < 4.78 is 4.44. The molecule has 0 atom stereocenters. The minimum atomic E-state index is -1.02. The van der Waals surface area contributed by atoms with Crippen molar-refractivity contribution in [3.05, 3.63) is 29.3 Å². The molecule has 1 aromatic carbocycles. The van der Waals surface area contributed by atoms with Crippen molar-refractivity contribution in [1.82, 2.24) is 5.32 Å². The van der Waals surface area contributed by atoms with Crippen LogP contribution in [-0.2, 0) is 9.53 Å². The van der Waals surface area contributed by atoms with Crippen molar-refractivity contribution >= 4 is 23.7 Å². The number of aryl methyl sites for hydroxylation is 1. The van der Waals surface area contributed by atoms with E-state index in [4.69, 9.17) is 5.11 Å². The molecule has 1 rings (SSSR count). The summed E-state index contributed by atoms with van der Waals surface area (Å²) in [5.41, 5.74) is 1.20. The molecular weight excluding hydrogens is 264 g/mol. The number of urea groups is 1. The average Bonchev–Trinajstić information content (AvgIpc) is 2.38. The monoisotopic (exact) mass is 280 g/mol. The number of hydrogen-bond donors (Lipinski definition) is 3. The second kappa shape index (κ2) is 7.13. The highest BCUT2D eigenvalue weighted by atomic mass is 16.5. The van der Waals surface area contributed by atoms with E-state index in [1.807, 2.05) is 0 Å². The van der Waals surface area contributed by atoms with Gasteiger partial charge in [0.25, 0.3) is 0 Å². The van der Waals surface area contributed by atoms with E-state index in [-0.39, 0.29) is 18.5 Å². The quantitative estimate of drug-likeness (QED) is 0.707. The molecule has 1 aromatic rings. The summed E-state index contributed by atoms with van der Waals surface area (Å²) in [5.74, 6) is -1.43. The average molecular weight is 280 g/mol. The SMILES string of the molecule is COC(=O)CCNC(=O)Nc1ccc(C(=O)O)c(C)c1. The fourth-order valence-corrected chi connectivity index (χ4v) is 1.54. The van der Waals surface area contributed by atoms with Crippen molar-refractivity contribution in [1.29, 1.82) is 0 Å². The number of rotatable bonds is 5. The minimum absolute atomic E-state index is 0.0842. The highest BCUT2D eigenvalue weighted by Crippen LogP contribution is 2.15. The number of carboxylic acid groups (broad SMARTS) is 1. The van der Waals surface area contributed by atoms with Crippen LogP contribution in [0.3, 0.4) is 0 Å². The van der Waals surface area contributed by atoms with Crippen molar-refractivity contribution in [2.45, 2.75) is 13.3 Å². The highest BCUT2D eigenvalue weighted by molar-refractivity contribution is 5.92. The van der Waals surface area contributed by atoms with Gasteiger partial charge in [0, 0.05) is 12.2 Å². The molecule has 0 bridgehead atoms. The number of carboxylic acids is 1. The van der Waals surface area contributed by atoms with Gasteiger partial charge in [-0.25, -0.2) is 9.59 Å². The molecule has 0 unspecified atom stereocenters. The molecule has 0 radical (unpaired) electrons. The van der Waals surface area contributed by atoms with Crippen LogP contribution in [0.15, 0.2) is 18.2 Å². The maximum atomic E-state index is 11.5. The number of hydrogen-bond acceptors (Lipinski definition) is 4. The van der Waals surface area contributed by atoms with Gasteiger partial charge >= 0.3 is 18.0 Å². The molecule has 0 aliphatic heterocycles. The van der Waals surface area contributed by atoms with Gasteiger partial charge in [-0.3, -0.25) is 4.79 Å². The first-order chi connectivity index (χ1) is 9.43. The van der Waals surface area contributed by atoms with E-state index in [1.165, 1.54) is 19.2 Å². The summed E-state index contributed by atoms with van der Waals surface area (Å²) >= 11 is 0. The Hall–Kier alpha value is -2.57.